The first kappa shape index (κ1) is 12.9. The molecular weight excluding hydrogens is 228 g/mol. The van der Waals surface area contributed by atoms with E-state index >= 15 is 0 Å². The smallest absolute Gasteiger partial charge is 0.354 e. The van der Waals surface area contributed by atoms with Gasteiger partial charge in [-0.25, -0.2) is 9.78 Å². The number of aromatic nitrogens is 1. The van der Waals surface area contributed by atoms with Crippen LogP contribution in [0.25, 0.3) is 0 Å². The lowest BCUT2D eigenvalue weighted by Gasteiger charge is -2.35. The molecule has 0 unspecified atom stereocenters. The second kappa shape index (κ2) is 5.85. The fourth-order valence-electron chi connectivity index (χ4n) is 2.73. The summed E-state index contributed by atoms with van der Waals surface area (Å²) in [5.41, 5.74) is 1.15. The molecule has 0 aliphatic heterocycles. The zero-order valence-corrected chi connectivity index (χ0v) is 10.8. The second-order valence-corrected chi connectivity index (χ2v) is 4.78. The number of carbonyl (C=O) groups is 1. The summed E-state index contributed by atoms with van der Waals surface area (Å²) >= 11 is 0. The van der Waals surface area contributed by atoms with E-state index in [0.717, 1.165) is 12.2 Å². The van der Waals surface area contributed by atoms with Crippen molar-refractivity contribution in [1.82, 2.24) is 4.98 Å². The van der Waals surface area contributed by atoms with Gasteiger partial charge in [-0.3, -0.25) is 0 Å². The van der Waals surface area contributed by atoms with Crippen molar-refractivity contribution in [3.63, 3.8) is 0 Å². The van der Waals surface area contributed by atoms with Crippen molar-refractivity contribution in [2.24, 2.45) is 0 Å². The van der Waals surface area contributed by atoms with E-state index in [0.29, 0.717) is 6.04 Å². The Hall–Kier alpha value is -1.58. The summed E-state index contributed by atoms with van der Waals surface area (Å²) in [6.45, 7) is 3.08. The standard InChI is InChI=1S/C14H20N2O2/c1-2-16(11-6-4-3-5-7-11)12-8-9-13(14(17)18)15-10-12/h8-11H,2-7H2,1H3,(H,17,18). The third kappa shape index (κ3) is 2.81. The van der Waals surface area contributed by atoms with E-state index in [2.05, 4.69) is 16.8 Å². The van der Waals surface area contributed by atoms with Crippen LogP contribution in [0.4, 0.5) is 5.69 Å². The van der Waals surface area contributed by atoms with Crippen LogP contribution in [-0.4, -0.2) is 28.6 Å². The number of pyridine rings is 1. The van der Waals surface area contributed by atoms with Gasteiger partial charge >= 0.3 is 5.97 Å². The predicted octanol–water partition coefficient (Wildman–Crippen LogP) is 2.94. The van der Waals surface area contributed by atoms with E-state index < -0.39 is 5.97 Å². The fourth-order valence-corrected chi connectivity index (χ4v) is 2.73. The third-order valence-corrected chi connectivity index (χ3v) is 3.65. The zero-order valence-electron chi connectivity index (χ0n) is 10.8. The Bertz CT molecular complexity index is 397. The monoisotopic (exact) mass is 248 g/mol. The molecule has 1 heterocycles. The largest absolute Gasteiger partial charge is 0.477 e. The Labute approximate surface area is 108 Å². The van der Waals surface area contributed by atoms with Gasteiger partial charge in [-0.05, 0) is 31.9 Å². The molecule has 1 aromatic rings. The molecule has 0 bridgehead atoms. The summed E-state index contributed by atoms with van der Waals surface area (Å²) in [6, 6.07) is 4.04. The molecule has 0 atom stereocenters. The van der Waals surface area contributed by atoms with Gasteiger partial charge in [0.2, 0.25) is 0 Å². The lowest BCUT2D eigenvalue weighted by Crippen LogP contribution is -2.36. The van der Waals surface area contributed by atoms with Gasteiger partial charge in [0.05, 0.1) is 11.9 Å². The summed E-state index contributed by atoms with van der Waals surface area (Å²) < 4.78 is 0. The maximum absolute atomic E-state index is 10.8. The van der Waals surface area contributed by atoms with E-state index in [9.17, 15) is 4.79 Å². The van der Waals surface area contributed by atoms with Gasteiger partial charge in [0.15, 0.2) is 0 Å². The Morgan fingerprint density at radius 1 is 1.39 bits per heavy atom. The number of carboxylic acid groups (broad SMARTS) is 1. The van der Waals surface area contributed by atoms with Gasteiger partial charge < -0.3 is 10.0 Å². The molecule has 4 heteroatoms. The molecule has 0 saturated heterocycles. The summed E-state index contributed by atoms with van der Waals surface area (Å²) in [5.74, 6) is -0.970. The molecule has 1 aromatic heterocycles. The number of carboxylic acids is 1. The van der Waals surface area contributed by atoms with Gasteiger partial charge in [0.25, 0.3) is 0 Å². The molecule has 2 rings (SSSR count). The number of hydrogen-bond acceptors (Lipinski definition) is 3. The van der Waals surface area contributed by atoms with Crippen LogP contribution in [0.3, 0.4) is 0 Å². The van der Waals surface area contributed by atoms with Gasteiger partial charge in [-0.2, -0.15) is 0 Å². The molecule has 1 fully saturated rings. The minimum absolute atomic E-state index is 0.110. The van der Waals surface area contributed by atoms with Crippen molar-refractivity contribution in [3.05, 3.63) is 24.0 Å². The quantitative estimate of drug-likeness (QED) is 0.890. The highest BCUT2D eigenvalue weighted by Gasteiger charge is 2.20. The van der Waals surface area contributed by atoms with Gasteiger partial charge in [-0.15, -0.1) is 0 Å². The van der Waals surface area contributed by atoms with Gasteiger partial charge in [-0.1, -0.05) is 19.3 Å². The summed E-state index contributed by atoms with van der Waals surface area (Å²) in [6.07, 6.45) is 8.07. The molecule has 98 valence electrons. The number of hydrogen-bond donors (Lipinski definition) is 1. The SMILES string of the molecule is CCN(c1ccc(C(=O)O)nc1)C1CCCCC1. The summed E-state index contributed by atoms with van der Waals surface area (Å²) in [4.78, 5) is 17.1. The molecule has 0 amide bonds. The van der Waals surface area contributed by atoms with Crippen LogP contribution in [0, 0.1) is 0 Å². The molecule has 1 saturated carbocycles. The topological polar surface area (TPSA) is 53.4 Å². The molecular formula is C14H20N2O2. The average molecular weight is 248 g/mol. The molecule has 1 aliphatic carbocycles. The van der Waals surface area contributed by atoms with Crippen molar-refractivity contribution in [3.8, 4) is 0 Å². The van der Waals surface area contributed by atoms with Crippen molar-refractivity contribution in [2.75, 3.05) is 11.4 Å². The molecule has 4 nitrogen and oxygen atoms in total. The Morgan fingerprint density at radius 2 is 2.11 bits per heavy atom. The predicted molar refractivity (Wildman–Crippen MR) is 71.1 cm³/mol. The lowest BCUT2D eigenvalue weighted by molar-refractivity contribution is 0.0690. The zero-order chi connectivity index (χ0) is 13.0. The molecule has 1 aliphatic rings. The summed E-state index contributed by atoms with van der Waals surface area (Å²) in [7, 11) is 0. The van der Waals surface area contributed by atoms with Crippen molar-refractivity contribution in [2.45, 2.75) is 45.1 Å². The van der Waals surface area contributed by atoms with Crippen LogP contribution in [0.2, 0.25) is 0 Å². The lowest BCUT2D eigenvalue weighted by atomic mass is 9.94. The normalized spacial score (nSPS) is 16.5. The summed E-state index contributed by atoms with van der Waals surface area (Å²) in [5, 5.41) is 8.84. The Balaban J connectivity index is 2.13. The first-order valence-corrected chi connectivity index (χ1v) is 6.68. The highest BCUT2D eigenvalue weighted by Crippen LogP contribution is 2.26. The van der Waals surface area contributed by atoms with Crippen molar-refractivity contribution < 1.29 is 9.90 Å². The van der Waals surface area contributed by atoms with Crippen LogP contribution in [0.15, 0.2) is 18.3 Å². The van der Waals surface area contributed by atoms with Crippen LogP contribution in [-0.2, 0) is 0 Å². The Morgan fingerprint density at radius 3 is 2.61 bits per heavy atom. The highest BCUT2D eigenvalue weighted by atomic mass is 16.4. The molecule has 1 N–H and O–H groups in total. The van der Waals surface area contributed by atoms with E-state index in [4.69, 9.17) is 5.11 Å². The van der Waals surface area contributed by atoms with E-state index in [1.807, 2.05) is 6.07 Å². The highest BCUT2D eigenvalue weighted by molar-refractivity contribution is 5.85. The Kier molecular flexibility index (Phi) is 4.18. The van der Waals surface area contributed by atoms with Gasteiger partial charge in [0.1, 0.15) is 5.69 Å². The first-order chi connectivity index (χ1) is 8.72. The average Bonchev–Trinajstić information content (AvgIpc) is 2.41. The molecule has 18 heavy (non-hydrogen) atoms. The van der Waals surface area contributed by atoms with E-state index in [1.165, 1.54) is 32.1 Å². The molecule has 0 radical (unpaired) electrons. The fraction of sp³-hybridized carbons (Fsp3) is 0.571. The van der Waals surface area contributed by atoms with Crippen molar-refractivity contribution >= 4 is 11.7 Å². The van der Waals surface area contributed by atoms with Crippen LogP contribution < -0.4 is 4.90 Å². The van der Waals surface area contributed by atoms with Crippen molar-refractivity contribution in [1.29, 1.82) is 0 Å². The maximum Gasteiger partial charge on any atom is 0.354 e. The van der Waals surface area contributed by atoms with E-state index in [1.54, 1.807) is 12.3 Å². The maximum atomic E-state index is 10.8. The minimum Gasteiger partial charge on any atom is -0.477 e. The van der Waals surface area contributed by atoms with Gasteiger partial charge in [0, 0.05) is 12.6 Å². The molecule has 0 aromatic carbocycles. The number of anilines is 1. The molecule has 0 spiro atoms. The van der Waals surface area contributed by atoms with Crippen LogP contribution >= 0.6 is 0 Å². The van der Waals surface area contributed by atoms with E-state index in [-0.39, 0.29) is 5.69 Å². The first-order valence-electron chi connectivity index (χ1n) is 6.68. The second-order valence-electron chi connectivity index (χ2n) is 4.78. The van der Waals surface area contributed by atoms with Crippen LogP contribution in [0.1, 0.15) is 49.5 Å². The minimum atomic E-state index is -0.970. The third-order valence-electron chi connectivity index (χ3n) is 3.65. The number of rotatable bonds is 4. The van der Waals surface area contributed by atoms with Crippen LogP contribution in [0.5, 0.6) is 0 Å². The number of nitrogens with zero attached hydrogens (tertiary/aromatic N) is 2. The number of aromatic carboxylic acids is 1.